The lowest BCUT2D eigenvalue weighted by Gasteiger charge is -2.33. The monoisotopic (exact) mass is 410 g/mol. The minimum atomic E-state index is -0.935. The number of benzene rings is 1. The molecule has 1 fully saturated rings. The standard InChI is InChI=1S/C21H28F2N2O4/c1-29-21(28)6-2-5-20(27)25-11-3-4-15(14-25)8-10-19(26)24-13-16-7-9-17(22)18(23)12-16/h7,9,12,15H,2-6,8,10-11,13-14H2,1H3,(H,24,26)/t15-/m0/s1. The van der Waals surface area contributed by atoms with Gasteiger partial charge in [0.2, 0.25) is 11.8 Å². The Bertz CT molecular complexity index is 727. The molecule has 2 amide bonds. The second-order valence-electron chi connectivity index (χ2n) is 7.34. The van der Waals surface area contributed by atoms with Gasteiger partial charge < -0.3 is 15.0 Å². The molecule has 2 rings (SSSR count). The van der Waals surface area contributed by atoms with Crippen LogP contribution in [0.4, 0.5) is 8.78 Å². The third-order valence-electron chi connectivity index (χ3n) is 5.12. The summed E-state index contributed by atoms with van der Waals surface area (Å²) in [6.45, 7) is 1.47. The number of ether oxygens (including phenoxy) is 1. The van der Waals surface area contributed by atoms with E-state index in [1.165, 1.54) is 13.2 Å². The van der Waals surface area contributed by atoms with Crippen molar-refractivity contribution < 1.29 is 27.9 Å². The fourth-order valence-corrected chi connectivity index (χ4v) is 3.45. The molecule has 1 aliphatic rings. The molecule has 29 heavy (non-hydrogen) atoms. The number of methoxy groups -OCH3 is 1. The molecule has 6 nitrogen and oxygen atoms in total. The van der Waals surface area contributed by atoms with Crippen molar-refractivity contribution in [1.29, 1.82) is 0 Å². The molecule has 0 radical (unpaired) electrons. The largest absolute Gasteiger partial charge is 0.469 e. The molecule has 1 atom stereocenters. The molecule has 0 saturated carbocycles. The third kappa shape index (κ3) is 7.79. The van der Waals surface area contributed by atoms with Crippen molar-refractivity contribution in [2.24, 2.45) is 5.92 Å². The number of carbonyl (C=O) groups excluding carboxylic acids is 3. The van der Waals surface area contributed by atoms with Gasteiger partial charge in [-0.3, -0.25) is 14.4 Å². The molecule has 1 saturated heterocycles. The van der Waals surface area contributed by atoms with E-state index in [9.17, 15) is 23.2 Å². The van der Waals surface area contributed by atoms with Crippen LogP contribution in [-0.4, -0.2) is 42.9 Å². The maximum absolute atomic E-state index is 13.2. The Morgan fingerprint density at radius 3 is 2.69 bits per heavy atom. The van der Waals surface area contributed by atoms with Crippen LogP contribution in [0, 0.1) is 17.6 Å². The number of halogens is 2. The lowest BCUT2D eigenvalue weighted by molar-refractivity contribution is -0.141. The lowest BCUT2D eigenvalue weighted by atomic mass is 9.93. The molecule has 1 heterocycles. The van der Waals surface area contributed by atoms with E-state index in [2.05, 4.69) is 10.1 Å². The topological polar surface area (TPSA) is 75.7 Å². The number of hydrogen-bond donors (Lipinski definition) is 1. The van der Waals surface area contributed by atoms with Crippen LogP contribution in [0.1, 0.15) is 50.5 Å². The Morgan fingerprint density at radius 2 is 1.97 bits per heavy atom. The van der Waals surface area contributed by atoms with Crippen LogP contribution in [0.25, 0.3) is 0 Å². The first-order chi connectivity index (χ1) is 13.9. The summed E-state index contributed by atoms with van der Waals surface area (Å²) in [7, 11) is 1.33. The van der Waals surface area contributed by atoms with Gasteiger partial charge in [0.1, 0.15) is 0 Å². The van der Waals surface area contributed by atoms with Crippen molar-refractivity contribution in [2.45, 2.75) is 51.5 Å². The van der Waals surface area contributed by atoms with Crippen LogP contribution >= 0.6 is 0 Å². The highest BCUT2D eigenvalue weighted by atomic mass is 19.2. The van der Waals surface area contributed by atoms with Gasteiger partial charge in [0.25, 0.3) is 0 Å². The highest BCUT2D eigenvalue weighted by Gasteiger charge is 2.24. The first kappa shape index (κ1) is 22.8. The first-order valence-corrected chi connectivity index (χ1v) is 9.94. The molecule has 8 heteroatoms. The summed E-state index contributed by atoms with van der Waals surface area (Å²) in [6, 6.07) is 3.54. The van der Waals surface area contributed by atoms with Crippen molar-refractivity contribution in [1.82, 2.24) is 10.2 Å². The summed E-state index contributed by atoms with van der Waals surface area (Å²) in [5, 5.41) is 2.71. The zero-order valence-corrected chi connectivity index (χ0v) is 16.7. The summed E-state index contributed by atoms with van der Waals surface area (Å²) in [4.78, 5) is 37.3. The number of amides is 2. The van der Waals surface area contributed by atoms with Gasteiger partial charge in [-0.05, 0) is 49.3 Å². The predicted octanol–water partition coefficient (Wildman–Crippen LogP) is 2.94. The van der Waals surface area contributed by atoms with Gasteiger partial charge in [0.15, 0.2) is 11.6 Å². The highest BCUT2D eigenvalue weighted by molar-refractivity contribution is 5.77. The molecular weight excluding hydrogens is 382 g/mol. The van der Waals surface area contributed by atoms with E-state index in [1.54, 1.807) is 0 Å². The summed E-state index contributed by atoms with van der Waals surface area (Å²) in [6.07, 6.45) is 3.85. The molecule has 0 aromatic heterocycles. The van der Waals surface area contributed by atoms with Crippen LogP contribution in [0.2, 0.25) is 0 Å². The SMILES string of the molecule is COC(=O)CCCC(=O)N1CCC[C@@H](CCC(=O)NCc2ccc(F)c(F)c2)C1. The van der Waals surface area contributed by atoms with Crippen molar-refractivity contribution >= 4 is 17.8 Å². The molecule has 160 valence electrons. The van der Waals surface area contributed by atoms with Crippen molar-refractivity contribution in [2.75, 3.05) is 20.2 Å². The molecule has 1 aliphatic heterocycles. The molecular formula is C21H28F2N2O4. The second kappa shape index (κ2) is 11.5. The number of esters is 1. The normalized spacial score (nSPS) is 16.4. The van der Waals surface area contributed by atoms with Crippen molar-refractivity contribution in [3.8, 4) is 0 Å². The minimum absolute atomic E-state index is 0.0291. The van der Waals surface area contributed by atoms with Crippen LogP contribution in [0.3, 0.4) is 0 Å². The Hall–Kier alpha value is -2.51. The Balaban J connectivity index is 1.68. The molecule has 1 aromatic carbocycles. The van der Waals surface area contributed by atoms with E-state index in [1.807, 2.05) is 4.90 Å². The van der Waals surface area contributed by atoms with Crippen LogP contribution in [-0.2, 0) is 25.7 Å². The number of nitrogens with one attached hydrogen (secondary N) is 1. The summed E-state index contributed by atoms with van der Waals surface area (Å²) < 4.78 is 30.7. The maximum atomic E-state index is 13.2. The average Bonchev–Trinajstić information content (AvgIpc) is 2.73. The maximum Gasteiger partial charge on any atom is 0.305 e. The number of carbonyl (C=O) groups is 3. The van der Waals surface area contributed by atoms with E-state index in [-0.39, 0.29) is 36.7 Å². The highest BCUT2D eigenvalue weighted by Crippen LogP contribution is 2.22. The van der Waals surface area contributed by atoms with Crippen LogP contribution in [0.15, 0.2) is 18.2 Å². The van der Waals surface area contributed by atoms with E-state index in [0.29, 0.717) is 44.3 Å². The zero-order chi connectivity index (χ0) is 21.2. The van der Waals surface area contributed by atoms with Crippen molar-refractivity contribution in [3.63, 3.8) is 0 Å². The van der Waals surface area contributed by atoms with Gasteiger partial charge in [-0.1, -0.05) is 6.07 Å². The first-order valence-electron chi connectivity index (χ1n) is 9.94. The Morgan fingerprint density at radius 1 is 1.17 bits per heavy atom. The van der Waals surface area contributed by atoms with Crippen LogP contribution in [0.5, 0.6) is 0 Å². The van der Waals surface area contributed by atoms with Gasteiger partial charge in [-0.25, -0.2) is 8.78 Å². The fourth-order valence-electron chi connectivity index (χ4n) is 3.45. The number of nitrogens with zero attached hydrogens (tertiary/aromatic N) is 1. The average molecular weight is 410 g/mol. The third-order valence-corrected chi connectivity index (χ3v) is 5.12. The van der Waals surface area contributed by atoms with Gasteiger partial charge in [0, 0.05) is 38.9 Å². The van der Waals surface area contributed by atoms with Crippen LogP contribution < -0.4 is 5.32 Å². The zero-order valence-electron chi connectivity index (χ0n) is 16.7. The summed E-state index contributed by atoms with van der Waals surface area (Å²) in [5.74, 6) is -2.04. The van der Waals surface area contributed by atoms with Gasteiger partial charge in [0.05, 0.1) is 7.11 Å². The number of likely N-dealkylation sites (tertiary alicyclic amines) is 1. The quantitative estimate of drug-likeness (QED) is 0.635. The predicted molar refractivity (Wildman–Crippen MR) is 103 cm³/mol. The van der Waals surface area contributed by atoms with Gasteiger partial charge in [-0.2, -0.15) is 0 Å². The summed E-state index contributed by atoms with van der Waals surface area (Å²) >= 11 is 0. The Kier molecular flexibility index (Phi) is 9.02. The van der Waals surface area contributed by atoms with Gasteiger partial charge in [-0.15, -0.1) is 0 Å². The molecule has 0 aliphatic carbocycles. The Labute approximate surface area is 169 Å². The van der Waals surface area contributed by atoms with E-state index < -0.39 is 11.6 Å². The molecule has 0 spiro atoms. The van der Waals surface area contributed by atoms with Gasteiger partial charge >= 0.3 is 5.97 Å². The number of rotatable bonds is 9. The van der Waals surface area contributed by atoms with E-state index >= 15 is 0 Å². The summed E-state index contributed by atoms with van der Waals surface area (Å²) in [5.41, 5.74) is 0.499. The smallest absolute Gasteiger partial charge is 0.305 e. The minimum Gasteiger partial charge on any atom is -0.469 e. The molecule has 0 unspecified atom stereocenters. The lowest BCUT2D eigenvalue weighted by Crippen LogP contribution is -2.40. The van der Waals surface area contributed by atoms with E-state index in [0.717, 1.165) is 25.0 Å². The second-order valence-corrected chi connectivity index (χ2v) is 7.34. The number of piperidine rings is 1. The van der Waals surface area contributed by atoms with Crippen molar-refractivity contribution in [3.05, 3.63) is 35.4 Å². The number of hydrogen-bond acceptors (Lipinski definition) is 4. The van der Waals surface area contributed by atoms with E-state index in [4.69, 9.17) is 0 Å². The fraction of sp³-hybridized carbons (Fsp3) is 0.571. The molecule has 1 aromatic rings. The molecule has 1 N–H and O–H groups in total. The molecule has 0 bridgehead atoms.